The summed E-state index contributed by atoms with van der Waals surface area (Å²) < 4.78 is 102. The number of fused-ring (bicyclic) bond motifs is 4. The third-order valence-electron chi connectivity index (χ3n) is 14.0. The molecule has 0 aliphatic carbocycles. The molecule has 13 aromatic rings. The summed E-state index contributed by atoms with van der Waals surface area (Å²) in [6.45, 7) is 8.64. The van der Waals surface area contributed by atoms with Gasteiger partial charge in [0.25, 0.3) is 6.33 Å². The summed E-state index contributed by atoms with van der Waals surface area (Å²) in [6.07, 6.45) is 5.40. The summed E-state index contributed by atoms with van der Waals surface area (Å²) in [5, 5.41) is 1.99. The van der Waals surface area contributed by atoms with Crippen molar-refractivity contribution in [3.05, 3.63) is 272 Å². The molecule has 0 unspecified atom stereocenters. The van der Waals surface area contributed by atoms with Crippen LogP contribution in [0.3, 0.4) is 0 Å². The normalized spacial score (nSPS) is 13.4. The fourth-order valence-corrected chi connectivity index (χ4v) is 10.2. The van der Waals surface area contributed by atoms with E-state index in [9.17, 15) is 5.48 Å². The first-order valence-corrected chi connectivity index (χ1v) is 25.0. The van der Waals surface area contributed by atoms with Crippen molar-refractivity contribution >= 4 is 32.8 Å². The number of rotatable bonds is 10. The molecule has 0 saturated carbocycles. The second kappa shape index (κ2) is 20.3. The number of hydrogen-bond donors (Lipinski definition) is 0. The second-order valence-electron chi connectivity index (χ2n) is 19.7. The van der Waals surface area contributed by atoms with E-state index in [-0.39, 0.29) is 54.4 Å². The van der Waals surface area contributed by atoms with Crippen LogP contribution < -0.4 is 9.30 Å². The van der Waals surface area contributed by atoms with Gasteiger partial charge in [-0.05, 0) is 115 Å². The Labute approximate surface area is 478 Å². The van der Waals surface area contributed by atoms with Gasteiger partial charge in [0.15, 0.2) is 0 Å². The number of ether oxygens (including phenoxy) is 1. The van der Waals surface area contributed by atoms with Crippen molar-refractivity contribution in [3.8, 4) is 84.3 Å². The average molecular weight is 1180 g/mol. The topological polar surface area (TPSA) is 35.9 Å². The molecule has 0 aliphatic rings. The van der Waals surface area contributed by atoms with E-state index in [2.05, 4.69) is 105 Å². The zero-order valence-corrected chi connectivity index (χ0v) is 44.6. The molecule has 10 aromatic carbocycles. The van der Waals surface area contributed by atoms with Crippen molar-refractivity contribution in [1.29, 1.82) is 0 Å². The molecule has 374 valence electrons. The number of para-hydroxylation sites is 4. The van der Waals surface area contributed by atoms with E-state index < -0.39 is 60.4 Å². The molecular formula is C71H52N4OPt-2. The summed E-state index contributed by atoms with van der Waals surface area (Å²) in [5.74, 6) is 1.47. The fourth-order valence-electron chi connectivity index (χ4n) is 10.2. The van der Waals surface area contributed by atoms with Crippen LogP contribution >= 0.6 is 0 Å². The Balaban J connectivity index is 0.00000739. The molecule has 0 aliphatic heterocycles. The molecule has 3 heterocycles. The Bertz CT molecular complexity index is 4780. The summed E-state index contributed by atoms with van der Waals surface area (Å²) in [6, 6.07) is 59.1. The molecule has 0 N–H and O–H groups in total. The zero-order chi connectivity index (χ0) is 60.0. The maximum atomic E-state index is 9.25. The first-order chi connectivity index (χ1) is 41.4. The van der Waals surface area contributed by atoms with E-state index in [4.69, 9.17) is 17.9 Å². The Hall–Kier alpha value is -8.89. The third kappa shape index (κ3) is 9.17. The van der Waals surface area contributed by atoms with Crippen molar-refractivity contribution in [2.24, 2.45) is 0 Å². The molecule has 13 rings (SSSR count). The van der Waals surface area contributed by atoms with E-state index >= 15 is 0 Å². The van der Waals surface area contributed by atoms with Gasteiger partial charge in [0.05, 0.1) is 30.4 Å². The van der Waals surface area contributed by atoms with Gasteiger partial charge in [-0.1, -0.05) is 208 Å². The van der Waals surface area contributed by atoms with Crippen LogP contribution in [0.1, 0.15) is 45.6 Å². The molecule has 5 nitrogen and oxygen atoms in total. The number of imidazole rings is 1. The molecule has 0 fully saturated rings. The predicted octanol–water partition coefficient (Wildman–Crippen LogP) is 17.5. The molecule has 77 heavy (non-hydrogen) atoms. The van der Waals surface area contributed by atoms with Gasteiger partial charge in [-0.3, -0.25) is 4.57 Å². The minimum Gasteiger partial charge on any atom is -0.510 e. The number of benzene rings is 10. The van der Waals surface area contributed by atoms with Gasteiger partial charge in [-0.2, -0.15) is 12.1 Å². The number of nitrogens with zero attached hydrogens (tertiary/aromatic N) is 4. The van der Waals surface area contributed by atoms with Gasteiger partial charge in [0, 0.05) is 44.3 Å². The van der Waals surface area contributed by atoms with E-state index in [0.29, 0.717) is 28.2 Å². The molecule has 0 atom stereocenters. The van der Waals surface area contributed by atoms with Gasteiger partial charge in [-0.25, -0.2) is 4.98 Å². The molecule has 0 amide bonds. The standard InChI is InChI=1S/C71H52N4O.Pt/c1-48-63(52-28-15-8-16-29-52)42-53(49-22-9-5-10-23-49)43-64(48)54-40-56(45-58(41-54)76-57-36-37-62-61-30-17-18-33-65(61)75(68(62)46-57)69-44-55(38-39-72-69)71(2,3)4)73-47-74(67-35-20-19-34-66(67)73)70-59(50-24-11-6-12-25-50)31-21-32-60(70)51-26-13-7-14-27-51;/h5-44H,1-4H3;/q-2;/i6D,7D,11D,12D,13D,14D,24D,25D,26D,27D;. The number of aromatic nitrogens is 4. The summed E-state index contributed by atoms with van der Waals surface area (Å²) >= 11 is 0. The number of hydrogen-bond acceptors (Lipinski definition) is 2. The summed E-state index contributed by atoms with van der Waals surface area (Å²) in [5.41, 5.74) is 11.0. The molecule has 0 radical (unpaired) electrons. The van der Waals surface area contributed by atoms with E-state index in [0.717, 1.165) is 72.1 Å². The fraction of sp³-hybridized carbons (Fsp3) is 0.0704. The van der Waals surface area contributed by atoms with Crippen molar-refractivity contribution in [2.45, 2.75) is 33.1 Å². The van der Waals surface area contributed by atoms with Gasteiger partial charge in [-0.15, -0.1) is 35.2 Å². The van der Waals surface area contributed by atoms with Crippen LogP contribution in [0.25, 0.3) is 106 Å². The molecule has 0 saturated heterocycles. The minimum atomic E-state index is -0.584. The van der Waals surface area contributed by atoms with Gasteiger partial charge in [0.2, 0.25) is 0 Å². The van der Waals surface area contributed by atoms with E-state index in [1.54, 1.807) is 27.3 Å². The smallest absolute Gasteiger partial charge is 0.268 e. The number of pyridine rings is 1. The Kier molecular flexibility index (Phi) is 10.2. The van der Waals surface area contributed by atoms with Gasteiger partial charge in [0.1, 0.15) is 5.82 Å². The Morgan fingerprint density at radius 3 is 1.83 bits per heavy atom. The van der Waals surface area contributed by atoms with Gasteiger partial charge < -0.3 is 13.9 Å². The van der Waals surface area contributed by atoms with Crippen LogP contribution in [0.5, 0.6) is 11.5 Å². The van der Waals surface area contributed by atoms with Gasteiger partial charge >= 0.3 is 0 Å². The predicted molar refractivity (Wildman–Crippen MR) is 311 cm³/mol. The largest absolute Gasteiger partial charge is 0.510 e. The van der Waals surface area contributed by atoms with Crippen molar-refractivity contribution in [3.63, 3.8) is 0 Å². The van der Waals surface area contributed by atoms with E-state index in [1.807, 2.05) is 109 Å². The molecular weight excluding hydrogens is 1120 g/mol. The van der Waals surface area contributed by atoms with E-state index in [1.165, 1.54) is 0 Å². The van der Waals surface area contributed by atoms with Crippen LogP contribution in [0.4, 0.5) is 0 Å². The van der Waals surface area contributed by atoms with Crippen molar-refractivity contribution in [1.82, 2.24) is 14.1 Å². The zero-order valence-electron chi connectivity index (χ0n) is 52.3. The Morgan fingerprint density at radius 2 is 1.14 bits per heavy atom. The molecule has 3 aromatic heterocycles. The monoisotopic (exact) mass is 1180 g/mol. The first kappa shape index (κ1) is 38.6. The molecule has 0 spiro atoms. The maximum absolute atomic E-state index is 9.25. The molecule has 0 bridgehead atoms. The SMILES string of the molecule is [2H]c1c([2H])c([2H])c(-c2cccc(-c3c([2H])c([2H])c([2H])c([2H])c3[2H])c2-[n+]2[c-]n(-c3[c-]c(Oc4[c-]c5c(cc4)c4ccccc4n5-c4cc(C(C)(C)C)ccn4)cc(-c4cc(-c5ccccc5)cc(-c5ccccc5)c4C)c3)c3ccccc32)c([2H])c1[2H].[Pt]. The van der Waals surface area contributed by atoms with Crippen LogP contribution in [0.2, 0.25) is 0 Å². The minimum absolute atomic E-state index is 0. The van der Waals surface area contributed by atoms with Crippen LogP contribution in [-0.2, 0) is 26.5 Å². The van der Waals surface area contributed by atoms with Crippen molar-refractivity contribution < 1.29 is 44.1 Å². The average Bonchev–Trinajstić information content (AvgIpc) is 1.86. The third-order valence-corrected chi connectivity index (χ3v) is 14.0. The molecule has 6 heteroatoms. The van der Waals surface area contributed by atoms with Crippen molar-refractivity contribution in [2.75, 3.05) is 0 Å². The van der Waals surface area contributed by atoms with Crippen LogP contribution in [-0.4, -0.2) is 14.1 Å². The quantitative estimate of drug-likeness (QED) is 0.101. The Morgan fingerprint density at radius 1 is 0.519 bits per heavy atom. The summed E-state index contributed by atoms with van der Waals surface area (Å²) in [7, 11) is 0. The van der Waals surface area contributed by atoms with Crippen LogP contribution in [0, 0.1) is 25.4 Å². The van der Waals surface area contributed by atoms with Crippen LogP contribution in [0.15, 0.2) is 243 Å². The first-order valence-electron chi connectivity index (χ1n) is 30.0. The maximum Gasteiger partial charge on any atom is 0.268 e. The summed E-state index contributed by atoms with van der Waals surface area (Å²) in [4.78, 5) is 4.90. The second-order valence-corrected chi connectivity index (χ2v) is 19.7.